The topological polar surface area (TPSA) is 33.2 Å². The lowest BCUT2D eigenvalue weighted by Crippen LogP contribution is -2.38. The highest BCUT2D eigenvalue weighted by Crippen LogP contribution is 2.42. The number of pyridine rings is 1. The minimum atomic E-state index is 0.185. The number of rotatable bonds is 1. The fourth-order valence-corrected chi connectivity index (χ4v) is 4.67. The highest BCUT2D eigenvalue weighted by Gasteiger charge is 2.34. The highest BCUT2D eigenvalue weighted by molar-refractivity contribution is 6.30. The van der Waals surface area contributed by atoms with Gasteiger partial charge < -0.3 is 4.90 Å². The van der Waals surface area contributed by atoms with Crippen molar-refractivity contribution in [2.45, 2.75) is 38.5 Å². The van der Waals surface area contributed by atoms with Gasteiger partial charge in [0.15, 0.2) is 0 Å². The zero-order chi connectivity index (χ0) is 17.4. The molecule has 1 unspecified atom stereocenters. The second-order valence-electron chi connectivity index (χ2n) is 7.21. The van der Waals surface area contributed by atoms with Crippen LogP contribution in [0.1, 0.15) is 48.1 Å². The first kappa shape index (κ1) is 16.6. The van der Waals surface area contributed by atoms with Gasteiger partial charge in [0.2, 0.25) is 5.91 Å². The molecule has 1 aromatic carbocycles. The Labute approximate surface area is 154 Å². The number of nitrogens with zero attached hydrogens (tertiary/aromatic N) is 2. The SMILES string of the molecule is CC(=O)N1CCC(C2c3ccc(Cl)cc3CCc3cccnc32)CC1. The molecule has 1 atom stereocenters. The van der Waals surface area contributed by atoms with Gasteiger partial charge in [-0.05, 0) is 66.5 Å². The maximum Gasteiger partial charge on any atom is 0.219 e. The van der Waals surface area contributed by atoms with Crippen LogP contribution < -0.4 is 0 Å². The molecule has 4 heteroatoms. The molecule has 0 spiro atoms. The fourth-order valence-electron chi connectivity index (χ4n) is 4.48. The van der Waals surface area contributed by atoms with Crippen molar-refractivity contribution in [2.75, 3.05) is 13.1 Å². The van der Waals surface area contributed by atoms with Crippen LogP contribution in [-0.4, -0.2) is 28.9 Å². The Bertz CT molecular complexity index is 796. The molecule has 1 saturated heterocycles. The number of likely N-dealkylation sites (tertiary alicyclic amines) is 1. The number of hydrogen-bond donors (Lipinski definition) is 0. The molecule has 0 N–H and O–H groups in total. The second kappa shape index (κ2) is 6.80. The Hall–Kier alpha value is -1.87. The summed E-state index contributed by atoms with van der Waals surface area (Å²) in [5.74, 6) is 1.01. The average molecular weight is 355 g/mol. The molecule has 3 nitrogen and oxygen atoms in total. The fraction of sp³-hybridized carbons (Fsp3) is 0.429. The molecule has 1 aliphatic carbocycles. The molecule has 1 aliphatic heterocycles. The third-order valence-electron chi connectivity index (χ3n) is 5.78. The number of carbonyl (C=O) groups is 1. The van der Waals surface area contributed by atoms with Crippen molar-refractivity contribution < 1.29 is 4.79 Å². The maximum absolute atomic E-state index is 11.7. The summed E-state index contributed by atoms with van der Waals surface area (Å²) in [6, 6.07) is 10.6. The Morgan fingerprint density at radius 1 is 1.16 bits per heavy atom. The predicted molar refractivity (Wildman–Crippen MR) is 99.9 cm³/mol. The van der Waals surface area contributed by atoms with Crippen molar-refractivity contribution in [3.8, 4) is 0 Å². The lowest BCUT2D eigenvalue weighted by Gasteiger charge is -2.36. The van der Waals surface area contributed by atoms with Crippen molar-refractivity contribution in [1.82, 2.24) is 9.88 Å². The number of halogens is 1. The van der Waals surface area contributed by atoms with Gasteiger partial charge in [0, 0.05) is 37.2 Å². The standard InChI is InChI=1S/C21H23ClN2O/c1-14(25)24-11-8-15(9-12-24)20-19-7-6-18(22)13-17(19)5-4-16-3-2-10-23-21(16)20/h2-3,6-7,10,13,15,20H,4-5,8-9,11-12H2,1H3. The summed E-state index contributed by atoms with van der Waals surface area (Å²) in [4.78, 5) is 18.4. The minimum absolute atomic E-state index is 0.185. The van der Waals surface area contributed by atoms with Gasteiger partial charge >= 0.3 is 0 Å². The molecule has 130 valence electrons. The van der Waals surface area contributed by atoms with Crippen LogP contribution in [0.25, 0.3) is 0 Å². The number of aromatic nitrogens is 1. The number of benzene rings is 1. The van der Waals surface area contributed by atoms with Gasteiger partial charge in [-0.2, -0.15) is 0 Å². The summed E-state index contributed by atoms with van der Waals surface area (Å²) in [6.07, 6.45) is 6.00. The van der Waals surface area contributed by atoms with Gasteiger partial charge in [0.05, 0.1) is 5.69 Å². The normalized spacial score (nSPS) is 20.6. The highest BCUT2D eigenvalue weighted by atomic mass is 35.5. The molecule has 1 fully saturated rings. The van der Waals surface area contributed by atoms with Crippen LogP contribution in [0.15, 0.2) is 36.5 Å². The smallest absolute Gasteiger partial charge is 0.219 e. The van der Waals surface area contributed by atoms with Crippen molar-refractivity contribution in [3.05, 3.63) is 63.9 Å². The summed E-state index contributed by atoms with van der Waals surface area (Å²) in [5.41, 5.74) is 5.31. The van der Waals surface area contributed by atoms with Crippen LogP contribution in [-0.2, 0) is 17.6 Å². The maximum atomic E-state index is 11.7. The van der Waals surface area contributed by atoms with Crippen LogP contribution in [0.5, 0.6) is 0 Å². The van der Waals surface area contributed by atoms with E-state index in [0.29, 0.717) is 11.8 Å². The van der Waals surface area contributed by atoms with Crippen LogP contribution >= 0.6 is 11.6 Å². The van der Waals surface area contributed by atoms with E-state index in [1.165, 1.54) is 22.4 Å². The molecule has 1 aromatic heterocycles. The average Bonchev–Trinajstić information content (AvgIpc) is 2.78. The van der Waals surface area contributed by atoms with Crippen LogP contribution in [0, 0.1) is 5.92 Å². The Morgan fingerprint density at radius 2 is 1.92 bits per heavy atom. The molecule has 25 heavy (non-hydrogen) atoms. The van der Waals surface area contributed by atoms with E-state index < -0.39 is 0 Å². The number of piperidine rings is 1. The molecular weight excluding hydrogens is 332 g/mol. The van der Waals surface area contributed by atoms with E-state index in [2.05, 4.69) is 18.2 Å². The van der Waals surface area contributed by atoms with Crippen LogP contribution in [0.2, 0.25) is 5.02 Å². The predicted octanol–water partition coefficient (Wildman–Crippen LogP) is 4.22. The van der Waals surface area contributed by atoms with E-state index in [1.54, 1.807) is 6.92 Å². The second-order valence-corrected chi connectivity index (χ2v) is 7.65. The lowest BCUT2D eigenvalue weighted by molar-refractivity contribution is -0.130. The monoisotopic (exact) mass is 354 g/mol. The largest absolute Gasteiger partial charge is 0.343 e. The summed E-state index contributed by atoms with van der Waals surface area (Å²) in [6.45, 7) is 3.36. The van der Waals surface area contributed by atoms with E-state index >= 15 is 0 Å². The minimum Gasteiger partial charge on any atom is -0.343 e. The Morgan fingerprint density at radius 3 is 2.68 bits per heavy atom. The zero-order valence-corrected chi connectivity index (χ0v) is 15.3. The van der Waals surface area contributed by atoms with Gasteiger partial charge in [-0.3, -0.25) is 9.78 Å². The molecule has 0 bridgehead atoms. The molecule has 0 saturated carbocycles. The first-order chi connectivity index (χ1) is 12.1. The van der Waals surface area contributed by atoms with E-state index in [9.17, 15) is 4.79 Å². The molecule has 2 aliphatic rings. The molecular formula is C21H23ClN2O. The summed E-state index contributed by atoms with van der Waals surface area (Å²) < 4.78 is 0. The third-order valence-corrected chi connectivity index (χ3v) is 6.02. The van der Waals surface area contributed by atoms with Crippen LogP contribution in [0.4, 0.5) is 0 Å². The van der Waals surface area contributed by atoms with Gasteiger partial charge in [-0.1, -0.05) is 23.7 Å². The van der Waals surface area contributed by atoms with Crippen LogP contribution in [0.3, 0.4) is 0 Å². The van der Waals surface area contributed by atoms with Crippen molar-refractivity contribution in [1.29, 1.82) is 0 Å². The van der Waals surface area contributed by atoms with Gasteiger partial charge in [-0.25, -0.2) is 0 Å². The third kappa shape index (κ3) is 3.18. The van der Waals surface area contributed by atoms with Crippen molar-refractivity contribution in [3.63, 3.8) is 0 Å². The molecule has 2 aromatic rings. The van der Waals surface area contributed by atoms with Gasteiger partial charge in [0.25, 0.3) is 0 Å². The summed E-state index contributed by atoms with van der Waals surface area (Å²) in [5, 5.41) is 0.808. The quantitative estimate of drug-likeness (QED) is 0.768. The number of hydrogen-bond acceptors (Lipinski definition) is 2. The van der Waals surface area contributed by atoms with E-state index in [4.69, 9.17) is 16.6 Å². The number of carbonyl (C=O) groups excluding carboxylic acids is 1. The molecule has 1 amide bonds. The number of amides is 1. The molecule has 2 heterocycles. The zero-order valence-electron chi connectivity index (χ0n) is 14.5. The first-order valence-corrected chi connectivity index (χ1v) is 9.49. The van der Waals surface area contributed by atoms with E-state index in [-0.39, 0.29) is 5.91 Å². The van der Waals surface area contributed by atoms with Gasteiger partial charge in [0.1, 0.15) is 0 Å². The van der Waals surface area contributed by atoms with Gasteiger partial charge in [-0.15, -0.1) is 0 Å². The number of fused-ring (bicyclic) bond motifs is 2. The first-order valence-electron chi connectivity index (χ1n) is 9.11. The summed E-state index contributed by atoms with van der Waals surface area (Å²) in [7, 11) is 0. The number of aryl methyl sites for hydroxylation is 2. The lowest BCUT2D eigenvalue weighted by atomic mass is 9.76. The van der Waals surface area contributed by atoms with E-state index in [1.807, 2.05) is 23.2 Å². The molecule has 0 radical (unpaired) electrons. The Kier molecular flexibility index (Phi) is 4.51. The summed E-state index contributed by atoms with van der Waals surface area (Å²) >= 11 is 6.27. The van der Waals surface area contributed by atoms with Crippen molar-refractivity contribution in [2.24, 2.45) is 5.92 Å². The van der Waals surface area contributed by atoms with E-state index in [0.717, 1.165) is 43.8 Å². The van der Waals surface area contributed by atoms with Crippen molar-refractivity contribution >= 4 is 17.5 Å². The Balaban J connectivity index is 1.74. The molecule has 4 rings (SSSR count).